The van der Waals surface area contributed by atoms with E-state index in [9.17, 15) is 9.59 Å². The number of carbonyl (C=O) groups excluding carboxylic acids is 1. The summed E-state index contributed by atoms with van der Waals surface area (Å²) in [5.41, 5.74) is 0.448. The summed E-state index contributed by atoms with van der Waals surface area (Å²) in [6.45, 7) is 1.32. The summed E-state index contributed by atoms with van der Waals surface area (Å²) in [6.07, 6.45) is -0.0751. The van der Waals surface area contributed by atoms with E-state index in [0.717, 1.165) is 0 Å². The molecule has 0 bridgehead atoms. The fraction of sp³-hybridized carbons (Fsp3) is 0.467. The molecule has 1 rings (SSSR count). The van der Waals surface area contributed by atoms with Crippen LogP contribution in [0.4, 0.5) is 0 Å². The first kappa shape index (κ1) is 17.0. The van der Waals surface area contributed by atoms with Crippen LogP contribution in [0.3, 0.4) is 0 Å². The molecule has 116 valence electrons. The molecule has 1 aromatic carbocycles. The average Bonchev–Trinajstić information content (AvgIpc) is 2.46. The van der Waals surface area contributed by atoms with Gasteiger partial charge in [0, 0.05) is 19.6 Å². The molecule has 6 nitrogen and oxygen atoms in total. The Balaban J connectivity index is 2.89. The molecule has 0 aromatic heterocycles. The molecule has 0 heterocycles. The minimum atomic E-state index is -0.919. The summed E-state index contributed by atoms with van der Waals surface area (Å²) in [5.74, 6) is -0.638. The third-order valence-electron chi connectivity index (χ3n) is 3.04. The van der Waals surface area contributed by atoms with Crippen molar-refractivity contribution < 1.29 is 19.4 Å². The average molecular weight is 294 g/mol. The van der Waals surface area contributed by atoms with Gasteiger partial charge in [0.2, 0.25) is 0 Å². The molecule has 0 fully saturated rings. The van der Waals surface area contributed by atoms with Gasteiger partial charge in [0.15, 0.2) is 0 Å². The lowest BCUT2D eigenvalue weighted by Gasteiger charge is -2.24. The number of carbonyl (C=O) groups is 2. The largest absolute Gasteiger partial charge is 0.496 e. The van der Waals surface area contributed by atoms with Crippen molar-refractivity contribution in [1.82, 2.24) is 9.80 Å². The van der Waals surface area contributed by atoms with Gasteiger partial charge in [0.05, 0.1) is 19.1 Å². The number of likely N-dealkylation sites (N-methyl/N-ethyl adjacent to an activating group) is 1. The normalized spacial score (nSPS) is 10.5. The number of nitrogens with zero attached hydrogens (tertiary/aromatic N) is 2. The molecule has 1 aromatic rings. The van der Waals surface area contributed by atoms with Crippen molar-refractivity contribution in [2.45, 2.75) is 6.42 Å². The van der Waals surface area contributed by atoms with Gasteiger partial charge in [-0.3, -0.25) is 9.59 Å². The lowest BCUT2D eigenvalue weighted by molar-refractivity contribution is -0.137. The van der Waals surface area contributed by atoms with E-state index in [1.54, 1.807) is 29.2 Å². The van der Waals surface area contributed by atoms with E-state index in [1.165, 1.54) is 7.11 Å². The lowest BCUT2D eigenvalue weighted by atomic mass is 10.1. The number of rotatable bonds is 8. The molecule has 21 heavy (non-hydrogen) atoms. The summed E-state index contributed by atoms with van der Waals surface area (Å²) in [7, 11) is 5.32. The van der Waals surface area contributed by atoms with Crippen LogP contribution >= 0.6 is 0 Å². The minimum absolute atomic E-state index is 0.0751. The standard InChI is InChI=1S/C15H22N2O4/c1-16(2)10-11-17(9-8-14(18)19)15(20)12-6-4-5-7-13(12)21-3/h4-7H,8-11H2,1-3H3,(H,18,19). The van der Waals surface area contributed by atoms with Gasteiger partial charge in [-0.2, -0.15) is 0 Å². The van der Waals surface area contributed by atoms with E-state index in [-0.39, 0.29) is 18.9 Å². The van der Waals surface area contributed by atoms with Crippen molar-refractivity contribution in [3.8, 4) is 5.75 Å². The fourth-order valence-electron chi connectivity index (χ4n) is 1.86. The van der Waals surface area contributed by atoms with Crippen LogP contribution in [0.5, 0.6) is 5.75 Å². The molecule has 0 aliphatic heterocycles. The highest BCUT2D eigenvalue weighted by molar-refractivity contribution is 5.97. The zero-order valence-corrected chi connectivity index (χ0v) is 12.7. The van der Waals surface area contributed by atoms with Crippen molar-refractivity contribution in [3.63, 3.8) is 0 Å². The zero-order chi connectivity index (χ0) is 15.8. The summed E-state index contributed by atoms with van der Waals surface area (Å²) in [4.78, 5) is 26.8. The Morgan fingerprint density at radius 3 is 2.38 bits per heavy atom. The third kappa shape index (κ3) is 5.43. The van der Waals surface area contributed by atoms with Crippen LogP contribution in [-0.4, -0.2) is 67.6 Å². The highest BCUT2D eigenvalue weighted by atomic mass is 16.5. The molecule has 6 heteroatoms. The Morgan fingerprint density at radius 1 is 1.14 bits per heavy atom. The molecule has 1 N–H and O–H groups in total. The molecule has 0 unspecified atom stereocenters. The lowest BCUT2D eigenvalue weighted by Crippen LogP contribution is -2.38. The molecule has 0 atom stereocenters. The van der Waals surface area contributed by atoms with Crippen molar-refractivity contribution >= 4 is 11.9 Å². The first-order valence-corrected chi connectivity index (χ1v) is 6.74. The number of methoxy groups -OCH3 is 1. The number of hydrogen-bond donors (Lipinski definition) is 1. The molecule has 0 saturated heterocycles. The van der Waals surface area contributed by atoms with Crippen molar-refractivity contribution in [2.24, 2.45) is 0 Å². The summed E-state index contributed by atoms with van der Waals surface area (Å²) < 4.78 is 5.19. The van der Waals surface area contributed by atoms with E-state index in [2.05, 4.69) is 0 Å². The quantitative estimate of drug-likeness (QED) is 0.779. The van der Waals surface area contributed by atoms with E-state index in [1.807, 2.05) is 19.0 Å². The maximum Gasteiger partial charge on any atom is 0.305 e. The molecular weight excluding hydrogens is 272 g/mol. The van der Waals surface area contributed by atoms with Crippen molar-refractivity contribution in [3.05, 3.63) is 29.8 Å². The van der Waals surface area contributed by atoms with Gasteiger partial charge in [-0.05, 0) is 26.2 Å². The molecule has 0 aliphatic rings. The van der Waals surface area contributed by atoms with Crippen LogP contribution in [0.1, 0.15) is 16.8 Å². The van der Waals surface area contributed by atoms with Crippen LogP contribution in [0, 0.1) is 0 Å². The van der Waals surface area contributed by atoms with Crippen molar-refractivity contribution in [2.75, 3.05) is 40.8 Å². The Labute approximate surface area is 124 Å². The van der Waals surface area contributed by atoms with Crippen LogP contribution in [0.25, 0.3) is 0 Å². The number of carboxylic acid groups (broad SMARTS) is 1. The van der Waals surface area contributed by atoms with Gasteiger partial charge in [-0.1, -0.05) is 12.1 Å². The number of benzene rings is 1. The van der Waals surface area contributed by atoms with Crippen molar-refractivity contribution in [1.29, 1.82) is 0 Å². The SMILES string of the molecule is COc1ccccc1C(=O)N(CCC(=O)O)CCN(C)C. The van der Waals surface area contributed by atoms with Gasteiger partial charge < -0.3 is 19.6 Å². The second kappa shape index (κ2) is 8.26. The third-order valence-corrected chi connectivity index (χ3v) is 3.04. The molecule has 0 saturated carbocycles. The van der Waals surface area contributed by atoms with Gasteiger partial charge in [0.1, 0.15) is 5.75 Å². The van der Waals surface area contributed by atoms with Gasteiger partial charge in [-0.25, -0.2) is 0 Å². The van der Waals surface area contributed by atoms with Crippen LogP contribution < -0.4 is 4.74 Å². The molecule has 1 amide bonds. The first-order chi connectivity index (χ1) is 9.95. The number of aliphatic carboxylic acids is 1. The Kier molecular flexibility index (Phi) is 6.68. The highest BCUT2D eigenvalue weighted by Crippen LogP contribution is 2.19. The van der Waals surface area contributed by atoms with E-state index >= 15 is 0 Å². The maximum atomic E-state index is 12.6. The number of para-hydroxylation sites is 1. The maximum absolute atomic E-state index is 12.6. The highest BCUT2D eigenvalue weighted by Gasteiger charge is 2.19. The minimum Gasteiger partial charge on any atom is -0.496 e. The topological polar surface area (TPSA) is 70.1 Å². The Morgan fingerprint density at radius 2 is 1.81 bits per heavy atom. The molecule has 0 aliphatic carbocycles. The Bertz CT molecular complexity index is 488. The second-order valence-corrected chi connectivity index (χ2v) is 4.94. The first-order valence-electron chi connectivity index (χ1n) is 6.74. The fourth-order valence-corrected chi connectivity index (χ4v) is 1.86. The molecular formula is C15H22N2O4. The summed E-state index contributed by atoms with van der Waals surface area (Å²) in [5, 5.41) is 8.82. The molecule has 0 spiro atoms. The zero-order valence-electron chi connectivity index (χ0n) is 12.7. The number of hydrogen-bond acceptors (Lipinski definition) is 4. The van der Waals surface area contributed by atoms with E-state index in [4.69, 9.17) is 9.84 Å². The monoisotopic (exact) mass is 294 g/mol. The number of amides is 1. The van der Waals surface area contributed by atoms with Gasteiger partial charge in [0.25, 0.3) is 5.91 Å². The van der Waals surface area contributed by atoms with Crippen LogP contribution in [0.15, 0.2) is 24.3 Å². The number of ether oxygens (including phenoxy) is 1. The van der Waals surface area contributed by atoms with Crippen LogP contribution in [-0.2, 0) is 4.79 Å². The predicted octanol–water partition coefficient (Wildman–Crippen LogP) is 1.17. The smallest absolute Gasteiger partial charge is 0.305 e. The van der Waals surface area contributed by atoms with Gasteiger partial charge >= 0.3 is 5.97 Å². The van der Waals surface area contributed by atoms with Crippen LogP contribution in [0.2, 0.25) is 0 Å². The summed E-state index contributed by atoms with van der Waals surface area (Å²) in [6, 6.07) is 6.95. The second-order valence-electron chi connectivity index (χ2n) is 4.94. The summed E-state index contributed by atoms with van der Waals surface area (Å²) >= 11 is 0. The number of carboxylic acids is 1. The van der Waals surface area contributed by atoms with E-state index in [0.29, 0.717) is 24.4 Å². The Hall–Kier alpha value is -2.08. The predicted molar refractivity (Wildman–Crippen MR) is 79.7 cm³/mol. The molecule has 0 radical (unpaired) electrons. The van der Waals surface area contributed by atoms with E-state index < -0.39 is 5.97 Å². The van der Waals surface area contributed by atoms with Gasteiger partial charge in [-0.15, -0.1) is 0 Å².